The highest BCUT2D eigenvalue weighted by Crippen LogP contribution is 2.30. The van der Waals surface area contributed by atoms with E-state index >= 15 is 0 Å². The van der Waals surface area contributed by atoms with Crippen LogP contribution in [0.5, 0.6) is 0 Å². The predicted octanol–water partition coefficient (Wildman–Crippen LogP) is 9.83. The van der Waals surface area contributed by atoms with Crippen LogP contribution in [0, 0.1) is 11.8 Å². The van der Waals surface area contributed by atoms with Gasteiger partial charge in [-0.2, -0.15) is 0 Å². The Morgan fingerprint density at radius 2 is 1.12 bits per heavy atom. The van der Waals surface area contributed by atoms with Crippen molar-refractivity contribution in [2.45, 2.75) is 38.5 Å². The number of amides is 2. The third-order valence-corrected chi connectivity index (χ3v) is 11.0. The van der Waals surface area contributed by atoms with Crippen molar-refractivity contribution in [3.8, 4) is 0 Å². The number of nitrogens with one attached hydrogen (secondary N) is 2. The first-order valence-corrected chi connectivity index (χ1v) is 18.4. The number of benzene rings is 4. The number of hydrogen-bond donors (Lipinski definition) is 2. The molecule has 50 heavy (non-hydrogen) atoms. The first kappa shape index (κ1) is 34.0. The molecule has 6 nitrogen and oxygen atoms in total. The van der Waals surface area contributed by atoms with Gasteiger partial charge in [0.15, 0.2) is 0 Å². The summed E-state index contributed by atoms with van der Waals surface area (Å²) in [5.74, 6) is 1.39. The van der Waals surface area contributed by atoms with E-state index < -0.39 is 0 Å². The maximum Gasteiger partial charge on any atom is 0.255 e. The van der Waals surface area contributed by atoms with Crippen LogP contribution in [-0.2, 0) is 12.8 Å². The summed E-state index contributed by atoms with van der Waals surface area (Å²) in [4.78, 5) is 35.9. The van der Waals surface area contributed by atoms with E-state index in [-0.39, 0.29) is 11.8 Å². The van der Waals surface area contributed by atoms with E-state index in [0.717, 1.165) is 86.5 Å². The monoisotopic (exact) mass is 704 g/mol. The molecule has 2 N–H and O–H groups in total. The number of piperidine rings is 2. The van der Waals surface area contributed by atoms with Crippen molar-refractivity contribution < 1.29 is 9.59 Å². The Kier molecular flexibility index (Phi) is 10.6. The standard InChI is InChI=1S/2C21H21ClN2O/c22-19-14-20-17(6-9-23-20)13-18(19)21(25)24-10-7-16(8-11-24)12-15-4-2-1-3-5-15;22-20-17-8-11-23-19(17)7-6-18(20)21(25)24-12-9-16(10-13-24)14-15-4-2-1-3-5-15/h1-6,9,13-14,16,23H,7-8,10-12H2;1-8,11,16,23H,9-10,12-14H2. The molecule has 2 aliphatic heterocycles. The summed E-state index contributed by atoms with van der Waals surface area (Å²) < 4.78 is 0. The summed E-state index contributed by atoms with van der Waals surface area (Å²) in [6.07, 6.45) is 10.1. The Hall–Kier alpha value is -4.52. The molecule has 256 valence electrons. The number of nitrogens with zero attached hydrogens (tertiary/aromatic N) is 2. The number of hydrogen-bond acceptors (Lipinski definition) is 2. The average Bonchev–Trinajstić information content (AvgIpc) is 3.83. The smallest absolute Gasteiger partial charge is 0.255 e. The van der Waals surface area contributed by atoms with Crippen LogP contribution in [0.1, 0.15) is 57.5 Å². The van der Waals surface area contributed by atoms with Gasteiger partial charge in [0.25, 0.3) is 11.8 Å². The fourth-order valence-corrected chi connectivity index (χ4v) is 7.97. The first-order chi connectivity index (χ1) is 24.4. The van der Waals surface area contributed by atoms with E-state index in [2.05, 4.69) is 70.6 Å². The maximum atomic E-state index is 12.9. The van der Waals surface area contributed by atoms with Gasteiger partial charge in [-0.1, -0.05) is 83.9 Å². The zero-order chi connectivity index (χ0) is 34.5. The van der Waals surface area contributed by atoms with Crippen LogP contribution in [0.3, 0.4) is 0 Å². The number of aromatic amines is 2. The number of rotatable bonds is 6. The van der Waals surface area contributed by atoms with Crippen LogP contribution in [-0.4, -0.2) is 57.8 Å². The third-order valence-electron chi connectivity index (χ3n) is 10.3. The van der Waals surface area contributed by atoms with E-state index in [0.29, 0.717) is 33.0 Å². The summed E-state index contributed by atoms with van der Waals surface area (Å²) in [5.41, 5.74) is 5.90. The molecule has 2 saturated heterocycles. The van der Waals surface area contributed by atoms with Gasteiger partial charge in [-0.3, -0.25) is 9.59 Å². The van der Waals surface area contributed by atoms with E-state index in [9.17, 15) is 9.59 Å². The van der Waals surface area contributed by atoms with Crippen LogP contribution in [0.15, 0.2) is 109 Å². The number of fused-ring (bicyclic) bond motifs is 2. The molecule has 2 fully saturated rings. The molecular weight excluding hydrogens is 663 g/mol. The SMILES string of the molecule is O=C(c1cc2cc[nH]c2cc1Cl)N1CCC(Cc2ccccc2)CC1.O=C(c1ccc2[nH]ccc2c1Cl)N1CCC(Cc2ccccc2)CC1. The highest BCUT2D eigenvalue weighted by molar-refractivity contribution is 6.38. The van der Waals surface area contributed by atoms with Gasteiger partial charge in [0.2, 0.25) is 0 Å². The van der Waals surface area contributed by atoms with E-state index in [1.807, 2.05) is 58.6 Å². The van der Waals surface area contributed by atoms with Crippen molar-refractivity contribution in [2.75, 3.05) is 26.2 Å². The van der Waals surface area contributed by atoms with Crippen molar-refractivity contribution in [3.63, 3.8) is 0 Å². The van der Waals surface area contributed by atoms with Gasteiger partial charge in [0, 0.05) is 60.4 Å². The Labute approximate surface area is 303 Å². The molecule has 0 spiro atoms. The number of carbonyl (C=O) groups is 2. The van der Waals surface area contributed by atoms with Crippen molar-refractivity contribution >= 4 is 56.8 Å². The van der Waals surface area contributed by atoms with Crippen molar-refractivity contribution in [1.29, 1.82) is 0 Å². The zero-order valence-corrected chi connectivity index (χ0v) is 29.6. The summed E-state index contributed by atoms with van der Waals surface area (Å²) >= 11 is 12.8. The molecule has 0 unspecified atom stereocenters. The molecule has 2 amide bonds. The Morgan fingerprint density at radius 3 is 1.70 bits per heavy atom. The second-order valence-corrected chi connectivity index (χ2v) is 14.4. The van der Waals surface area contributed by atoms with Crippen LogP contribution in [0.2, 0.25) is 10.0 Å². The van der Waals surface area contributed by atoms with Gasteiger partial charge < -0.3 is 19.8 Å². The van der Waals surface area contributed by atoms with E-state index in [1.54, 1.807) is 0 Å². The highest BCUT2D eigenvalue weighted by atomic mass is 35.5. The molecule has 0 saturated carbocycles. The number of halogens is 2. The fourth-order valence-electron chi connectivity index (χ4n) is 7.42. The molecule has 0 atom stereocenters. The van der Waals surface area contributed by atoms with Crippen LogP contribution >= 0.6 is 23.2 Å². The van der Waals surface area contributed by atoms with Gasteiger partial charge in [-0.05, 0) is 97.9 Å². The summed E-state index contributed by atoms with van der Waals surface area (Å²) in [6, 6.07) is 32.6. The Morgan fingerprint density at radius 1 is 0.600 bits per heavy atom. The molecule has 8 heteroatoms. The van der Waals surface area contributed by atoms with Gasteiger partial charge in [-0.25, -0.2) is 0 Å². The lowest BCUT2D eigenvalue weighted by Gasteiger charge is -2.32. The maximum absolute atomic E-state index is 12.9. The lowest BCUT2D eigenvalue weighted by Crippen LogP contribution is -2.39. The van der Waals surface area contributed by atoms with Gasteiger partial charge >= 0.3 is 0 Å². The summed E-state index contributed by atoms with van der Waals surface area (Å²) in [5, 5.41) is 3.00. The largest absolute Gasteiger partial charge is 0.361 e. The average molecular weight is 706 g/mol. The number of carbonyl (C=O) groups excluding carboxylic acids is 2. The fraction of sp³-hybridized carbons (Fsp3) is 0.286. The van der Waals surface area contributed by atoms with Crippen molar-refractivity contribution in [2.24, 2.45) is 11.8 Å². The Bertz CT molecular complexity index is 1990. The zero-order valence-electron chi connectivity index (χ0n) is 28.1. The van der Waals surface area contributed by atoms with E-state index in [4.69, 9.17) is 23.2 Å². The number of aromatic nitrogens is 2. The molecule has 2 aliphatic rings. The topological polar surface area (TPSA) is 72.2 Å². The van der Waals surface area contributed by atoms with Crippen LogP contribution < -0.4 is 0 Å². The molecule has 4 heterocycles. The minimum absolute atomic E-state index is 0.0475. The second kappa shape index (κ2) is 15.6. The molecular formula is C42H42Cl2N4O2. The molecule has 0 radical (unpaired) electrons. The molecule has 0 aliphatic carbocycles. The quantitative estimate of drug-likeness (QED) is 0.181. The van der Waals surface area contributed by atoms with E-state index in [1.165, 1.54) is 11.1 Å². The molecule has 4 aromatic carbocycles. The predicted molar refractivity (Wildman–Crippen MR) is 204 cm³/mol. The molecule has 6 aromatic rings. The molecule has 8 rings (SSSR count). The third kappa shape index (κ3) is 7.77. The van der Waals surface area contributed by atoms with Crippen molar-refractivity contribution in [1.82, 2.24) is 19.8 Å². The lowest BCUT2D eigenvalue weighted by molar-refractivity contribution is 0.0683. The highest BCUT2D eigenvalue weighted by Gasteiger charge is 2.27. The summed E-state index contributed by atoms with van der Waals surface area (Å²) in [7, 11) is 0. The number of likely N-dealkylation sites (tertiary alicyclic amines) is 2. The Balaban J connectivity index is 0.000000157. The summed E-state index contributed by atoms with van der Waals surface area (Å²) in [6.45, 7) is 3.21. The van der Waals surface area contributed by atoms with Gasteiger partial charge in [-0.15, -0.1) is 0 Å². The van der Waals surface area contributed by atoms with Crippen LogP contribution in [0.4, 0.5) is 0 Å². The van der Waals surface area contributed by atoms with Crippen LogP contribution in [0.25, 0.3) is 21.8 Å². The lowest BCUT2D eigenvalue weighted by atomic mass is 9.90. The normalized spacial score (nSPS) is 15.6. The minimum Gasteiger partial charge on any atom is -0.361 e. The van der Waals surface area contributed by atoms with Gasteiger partial charge in [0.05, 0.1) is 21.2 Å². The van der Waals surface area contributed by atoms with Gasteiger partial charge in [0.1, 0.15) is 0 Å². The molecule has 2 aromatic heterocycles. The first-order valence-electron chi connectivity index (χ1n) is 17.6. The second-order valence-electron chi connectivity index (χ2n) is 13.6. The minimum atomic E-state index is 0.0475. The number of H-pyrrole nitrogens is 2. The van der Waals surface area contributed by atoms with Crippen molar-refractivity contribution in [3.05, 3.63) is 142 Å². The molecule has 0 bridgehead atoms.